The Kier molecular flexibility index (Phi) is 9.55. The summed E-state index contributed by atoms with van der Waals surface area (Å²) < 4.78 is 38.2. The van der Waals surface area contributed by atoms with Gasteiger partial charge in [-0.15, -0.1) is 15.3 Å². The summed E-state index contributed by atoms with van der Waals surface area (Å²) in [5.74, 6) is 0.890. The van der Waals surface area contributed by atoms with Crippen LogP contribution in [0.3, 0.4) is 0 Å². The van der Waals surface area contributed by atoms with Gasteiger partial charge < -0.3 is 20.4 Å². The highest BCUT2D eigenvalue weighted by atomic mass is 32.1. The van der Waals surface area contributed by atoms with E-state index >= 15 is 0 Å². The molecule has 3 aromatic rings. The topological polar surface area (TPSA) is 82.1 Å². The highest BCUT2D eigenvalue weighted by Gasteiger charge is 2.27. The lowest BCUT2D eigenvalue weighted by molar-refractivity contribution is -0.134. The van der Waals surface area contributed by atoms with Gasteiger partial charge in [0.25, 0.3) is 0 Å². The second-order valence-electron chi connectivity index (χ2n) is 11.0. The summed E-state index contributed by atoms with van der Waals surface area (Å²) in [6.07, 6.45) is -0.0441. The number of nitrogens with zero attached hydrogens (tertiary/aromatic N) is 6. The summed E-state index contributed by atoms with van der Waals surface area (Å²) in [4.78, 5) is 4.67. The van der Waals surface area contributed by atoms with Crippen LogP contribution in [0.15, 0.2) is 48.8 Å². The van der Waals surface area contributed by atoms with Gasteiger partial charge in [-0.05, 0) is 68.2 Å². The Morgan fingerprint density at radius 3 is 2.78 bits per heavy atom. The second-order valence-corrected chi connectivity index (χ2v) is 14.6. The molecule has 1 atom stereocenters. The minimum atomic E-state index is -4.13. The van der Waals surface area contributed by atoms with Crippen molar-refractivity contribution in [1.29, 1.82) is 0 Å². The van der Waals surface area contributed by atoms with E-state index in [0.717, 1.165) is 89.7 Å². The van der Waals surface area contributed by atoms with Crippen molar-refractivity contribution in [3.63, 3.8) is 0 Å². The molecule has 5 rings (SSSR count). The van der Waals surface area contributed by atoms with Crippen LogP contribution in [-0.4, -0.2) is 72.1 Å². The molecule has 0 spiro atoms. The zero-order chi connectivity index (χ0) is 28.8. The first-order chi connectivity index (χ1) is 19.7. The molecule has 0 saturated carbocycles. The lowest BCUT2D eigenvalue weighted by Crippen LogP contribution is -2.40. The fourth-order valence-electron chi connectivity index (χ4n) is 5.59. The number of benzene rings is 1. The van der Waals surface area contributed by atoms with Crippen LogP contribution in [-0.2, 0) is 13.0 Å². The third-order valence-electron chi connectivity index (χ3n) is 7.32. The molecule has 2 N–H and O–H groups in total. The highest BCUT2D eigenvalue weighted by molar-refractivity contribution is 7.19. The monoisotopic (exact) mass is 601 g/mol. The van der Waals surface area contributed by atoms with Crippen LogP contribution < -0.4 is 15.5 Å². The van der Waals surface area contributed by atoms with Gasteiger partial charge in [-0.3, -0.25) is 0 Å². The lowest BCUT2D eigenvalue weighted by Gasteiger charge is -2.32. The van der Waals surface area contributed by atoms with Gasteiger partial charge in [-0.1, -0.05) is 47.7 Å². The fraction of sp³-hybridized carbons (Fsp3) is 0.500. The van der Waals surface area contributed by atoms with E-state index in [1.165, 1.54) is 17.4 Å². The van der Waals surface area contributed by atoms with Crippen LogP contribution in [0.4, 0.5) is 29.3 Å². The molecule has 41 heavy (non-hydrogen) atoms. The maximum Gasteiger partial charge on any atom is 0.389 e. The van der Waals surface area contributed by atoms with E-state index in [1.54, 1.807) is 6.20 Å². The van der Waals surface area contributed by atoms with Crippen molar-refractivity contribution >= 4 is 36.2 Å². The second kappa shape index (κ2) is 13.3. The molecule has 1 aromatic carbocycles. The Bertz CT molecular complexity index is 1300. The summed E-state index contributed by atoms with van der Waals surface area (Å²) in [7, 11) is -0.687. The molecular weight excluding hydrogens is 566 g/mol. The molecule has 1 radical (unpaired) electrons. The molecule has 2 aliphatic rings. The largest absolute Gasteiger partial charge is 0.389 e. The fourth-order valence-corrected chi connectivity index (χ4v) is 9.05. The van der Waals surface area contributed by atoms with Gasteiger partial charge in [0, 0.05) is 44.0 Å². The lowest BCUT2D eigenvalue weighted by atomic mass is 10.0. The maximum absolute atomic E-state index is 12.7. The van der Waals surface area contributed by atoms with Crippen molar-refractivity contribution in [3.05, 3.63) is 65.5 Å². The van der Waals surface area contributed by atoms with Crippen molar-refractivity contribution < 1.29 is 13.2 Å². The third kappa shape index (κ3) is 8.97. The number of alkyl halides is 3. The smallest absolute Gasteiger partial charge is 0.355 e. The summed E-state index contributed by atoms with van der Waals surface area (Å²) >= 11 is 1.50. The zero-order valence-corrected chi connectivity index (χ0v) is 25.1. The van der Waals surface area contributed by atoms with Crippen molar-refractivity contribution in [2.45, 2.75) is 63.5 Å². The Labute approximate surface area is 244 Å². The van der Waals surface area contributed by atoms with Gasteiger partial charge in [0.2, 0.25) is 10.3 Å². The van der Waals surface area contributed by atoms with Gasteiger partial charge >= 0.3 is 6.18 Å². The molecule has 2 aromatic heterocycles. The third-order valence-corrected chi connectivity index (χ3v) is 11.0. The standard InChI is InChI=1S/C28H36F3N8SSi/c1-20-13-22(6-8-28(29,30)31)15-23(14-20)16-38-10-4-12-41(19-38)18-21(2)33-26-36-37-27(40-26)34-24-7-11-39(17-24)25-5-3-9-32-35-25/h3,5,9,13-15,24H,2,4,6-8,10-12,16-19H2,1H3,(H,33,36)(H,34,37)/t24-/m1/s1. The number of halogens is 3. The Morgan fingerprint density at radius 2 is 1.98 bits per heavy atom. The molecule has 2 saturated heterocycles. The van der Waals surface area contributed by atoms with Gasteiger partial charge in [0.05, 0.1) is 8.80 Å². The van der Waals surface area contributed by atoms with Gasteiger partial charge in [-0.25, -0.2) is 0 Å². The first-order valence-electron chi connectivity index (χ1n) is 14.0. The summed E-state index contributed by atoms with van der Waals surface area (Å²) in [6.45, 7) is 9.78. The number of aromatic nitrogens is 4. The highest BCUT2D eigenvalue weighted by Crippen LogP contribution is 2.27. The first-order valence-corrected chi connectivity index (χ1v) is 16.9. The van der Waals surface area contributed by atoms with E-state index in [2.05, 4.69) is 53.5 Å². The molecule has 0 amide bonds. The van der Waals surface area contributed by atoms with Gasteiger partial charge in [0.15, 0.2) is 5.82 Å². The number of hydrogen-bond acceptors (Lipinski definition) is 9. The van der Waals surface area contributed by atoms with Crippen LogP contribution in [0.25, 0.3) is 0 Å². The van der Waals surface area contributed by atoms with Gasteiger partial charge in [-0.2, -0.15) is 18.3 Å². The Hall–Kier alpha value is -3.03. The average molecular weight is 602 g/mol. The average Bonchev–Trinajstić information content (AvgIpc) is 3.57. The summed E-state index contributed by atoms with van der Waals surface area (Å²) in [6, 6.07) is 12.2. The number of allylic oxidation sites excluding steroid dienone is 1. The van der Waals surface area contributed by atoms with Crippen molar-refractivity contribution in [1.82, 2.24) is 25.3 Å². The Balaban J connectivity index is 1.07. The van der Waals surface area contributed by atoms with E-state index in [-0.39, 0.29) is 12.5 Å². The maximum atomic E-state index is 12.7. The predicted molar refractivity (Wildman–Crippen MR) is 160 cm³/mol. The number of nitrogens with one attached hydrogen (secondary N) is 2. The van der Waals surface area contributed by atoms with Crippen molar-refractivity contribution in [2.24, 2.45) is 0 Å². The van der Waals surface area contributed by atoms with E-state index in [9.17, 15) is 13.2 Å². The van der Waals surface area contributed by atoms with Crippen LogP contribution in [0.1, 0.15) is 36.0 Å². The minimum Gasteiger partial charge on any atom is -0.355 e. The molecule has 8 nitrogen and oxygen atoms in total. The van der Waals surface area contributed by atoms with Gasteiger partial charge in [0.1, 0.15) is 0 Å². The predicted octanol–water partition coefficient (Wildman–Crippen LogP) is 5.69. The van der Waals surface area contributed by atoms with E-state index in [0.29, 0.717) is 0 Å². The van der Waals surface area contributed by atoms with Crippen LogP contribution in [0.5, 0.6) is 0 Å². The number of aryl methyl sites for hydroxylation is 2. The van der Waals surface area contributed by atoms with E-state index < -0.39 is 21.4 Å². The molecule has 4 heterocycles. The van der Waals surface area contributed by atoms with E-state index in [4.69, 9.17) is 0 Å². The normalized spacial score (nSPS) is 18.5. The zero-order valence-electron chi connectivity index (χ0n) is 23.3. The van der Waals surface area contributed by atoms with Crippen LogP contribution >= 0.6 is 11.3 Å². The molecule has 2 aliphatic heterocycles. The summed E-state index contributed by atoms with van der Waals surface area (Å²) in [5, 5.41) is 25.2. The molecule has 13 heteroatoms. The molecular formula is C28H36F3N8SSi. The van der Waals surface area contributed by atoms with Crippen LogP contribution in [0, 0.1) is 6.92 Å². The number of anilines is 3. The van der Waals surface area contributed by atoms with Crippen molar-refractivity contribution in [2.75, 3.05) is 41.3 Å². The van der Waals surface area contributed by atoms with Crippen LogP contribution in [0.2, 0.25) is 12.1 Å². The quantitative estimate of drug-likeness (QED) is 0.272. The molecule has 0 unspecified atom stereocenters. The minimum absolute atomic E-state index is 0.0313. The first kappa shape index (κ1) is 29.5. The molecule has 2 fully saturated rings. The van der Waals surface area contributed by atoms with Crippen molar-refractivity contribution in [3.8, 4) is 0 Å². The SMILES string of the molecule is C=C(C[Si]1CCCN(Cc2cc(C)cc(CCC(F)(F)F)c2)C1)Nc1nnc(N[C@@H]2CCN(c3cccnn3)C2)s1. The Morgan fingerprint density at radius 1 is 1.15 bits per heavy atom. The summed E-state index contributed by atoms with van der Waals surface area (Å²) in [5.41, 5.74) is 3.84. The molecule has 0 bridgehead atoms. The van der Waals surface area contributed by atoms with E-state index in [1.807, 2.05) is 31.2 Å². The molecule has 219 valence electrons. The molecule has 0 aliphatic carbocycles. The number of hydrogen-bond donors (Lipinski definition) is 2. The number of rotatable bonds is 11.